The maximum Gasteiger partial charge on any atom is 0.328 e. The molecule has 2 N–H and O–H groups in total. The molecule has 0 saturated heterocycles. The zero-order valence-electron chi connectivity index (χ0n) is 14.2. The summed E-state index contributed by atoms with van der Waals surface area (Å²) in [5.41, 5.74) is 0.768. The topological polar surface area (TPSA) is 113 Å². The van der Waals surface area contributed by atoms with Crippen LogP contribution in [0.1, 0.15) is 36.4 Å². The number of rotatable bonds is 3. The first-order chi connectivity index (χ1) is 11.8. The number of aromatic nitrogens is 4. The standard InChI is InChI=1S/C16H21N5O4/c1-10-7-20(16(25)17-15(10)24)9-14(23)19-4-3-5-21-12(8-19)6-13(18-21)11(2)22/h6-7,11,22H,3-5,8-9H2,1-2H3,(H,17,24,25). The molecule has 0 fully saturated rings. The summed E-state index contributed by atoms with van der Waals surface area (Å²) in [4.78, 5) is 39.8. The lowest BCUT2D eigenvalue weighted by Crippen LogP contribution is -2.38. The summed E-state index contributed by atoms with van der Waals surface area (Å²) in [6.07, 6.45) is 1.47. The van der Waals surface area contributed by atoms with E-state index in [1.54, 1.807) is 24.8 Å². The van der Waals surface area contributed by atoms with E-state index in [1.165, 1.54) is 10.8 Å². The van der Waals surface area contributed by atoms with Gasteiger partial charge in [0.05, 0.1) is 24.0 Å². The Morgan fingerprint density at radius 2 is 2.16 bits per heavy atom. The van der Waals surface area contributed by atoms with Crippen molar-refractivity contribution in [1.82, 2.24) is 24.2 Å². The predicted molar refractivity (Wildman–Crippen MR) is 89.0 cm³/mol. The Kier molecular flexibility index (Phi) is 4.58. The monoisotopic (exact) mass is 347 g/mol. The van der Waals surface area contributed by atoms with Gasteiger partial charge in [-0.3, -0.25) is 23.8 Å². The van der Waals surface area contributed by atoms with Gasteiger partial charge < -0.3 is 10.0 Å². The SMILES string of the molecule is Cc1cn(CC(=O)N2CCCn3nc(C(C)O)cc3C2)c(=O)[nH]c1=O. The molecule has 9 heteroatoms. The minimum Gasteiger partial charge on any atom is -0.387 e. The number of aliphatic hydroxyl groups excluding tert-OH is 1. The van der Waals surface area contributed by atoms with Crippen LogP contribution in [0.3, 0.4) is 0 Å². The molecule has 2 aromatic rings. The van der Waals surface area contributed by atoms with Crippen LogP contribution in [0, 0.1) is 6.92 Å². The molecular weight excluding hydrogens is 326 g/mol. The molecule has 134 valence electrons. The maximum atomic E-state index is 12.6. The lowest BCUT2D eigenvalue weighted by Gasteiger charge is -2.20. The fourth-order valence-corrected chi connectivity index (χ4v) is 2.88. The molecule has 1 aliphatic heterocycles. The molecule has 2 aromatic heterocycles. The lowest BCUT2D eigenvalue weighted by atomic mass is 10.2. The predicted octanol–water partition coefficient (Wildman–Crippen LogP) is -0.473. The first kappa shape index (κ1) is 17.2. The fraction of sp³-hybridized carbons (Fsp3) is 0.500. The van der Waals surface area contributed by atoms with Crippen molar-refractivity contribution in [2.75, 3.05) is 6.54 Å². The Morgan fingerprint density at radius 3 is 2.88 bits per heavy atom. The summed E-state index contributed by atoms with van der Waals surface area (Å²) in [6, 6.07) is 1.80. The number of nitrogens with one attached hydrogen (secondary N) is 1. The Labute approximate surface area is 143 Å². The van der Waals surface area contributed by atoms with Gasteiger partial charge in [-0.05, 0) is 26.3 Å². The van der Waals surface area contributed by atoms with Crippen LogP contribution in [0.15, 0.2) is 21.9 Å². The molecule has 1 aliphatic rings. The molecule has 1 unspecified atom stereocenters. The highest BCUT2D eigenvalue weighted by Gasteiger charge is 2.22. The van der Waals surface area contributed by atoms with Gasteiger partial charge in [0.2, 0.25) is 5.91 Å². The molecular formula is C16H21N5O4. The van der Waals surface area contributed by atoms with Gasteiger partial charge in [0.15, 0.2) is 0 Å². The second-order valence-corrected chi connectivity index (χ2v) is 6.33. The van der Waals surface area contributed by atoms with Crippen molar-refractivity contribution in [3.05, 3.63) is 50.1 Å². The Morgan fingerprint density at radius 1 is 1.40 bits per heavy atom. The van der Waals surface area contributed by atoms with Gasteiger partial charge in [-0.2, -0.15) is 5.10 Å². The zero-order chi connectivity index (χ0) is 18.1. The van der Waals surface area contributed by atoms with Crippen LogP contribution in [0.25, 0.3) is 0 Å². The van der Waals surface area contributed by atoms with Crippen molar-refractivity contribution in [3.8, 4) is 0 Å². The molecule has 1 atom stereocenters. The smallest absolute Gasteiger partial charge is 0.328 e. The summed E-state index contributed by atoms with van der Waals surface area (Å²) in [5, 5.41) is 14.0. The second-order valence-electron chi connectivity index (χ2n) is 6.33. The van der Waals surface area contributed by atoms with E-state index >= 15 is 0 Å². The van der Waals surface area contributed by atoms with E-state index in [4.69, 9.17) is 0 Å². The number of fused-ring (bicyclic) bond motifs is 1. The Hall–Kier alpha value is -2.68. The summed E-state index contributed by atoms with van der Waals surface area (Å²) in [5.74, 6) is -0.207. The van der Waals surface area contributed by atoms with Gasteiger partial charge in [-0.1, -0.05) is 0 Å². The number of aromatic amines is 1. The van der Waals surface area contributed by atoms with Crippen LogP contribution in [-0.4, -0.2) is 41.8 Å². The molecule has 0 aliphatic carbocycles. The van der Waals surface area contributed by atoms with Crippen molar-refractivity contribution < 1.29 is 9.90 Å². The molecule has 1 amide bonds. The van der Waals surface area contributed by atoms with Crippen LogP contribution >= 0.6 is 0 Å². The highest BCUT2D eigenvalue weighted by atomic mass is 16.3. The maximum absolute atomic E-state index is 12.6. The highest BCUT2D eigenvalue weighted by molar-refractivity contribution is 5.76. The summed E-state index contributed by atoms with van der Waals surface area (Å²) >= 11 is 0. The highest BCUT2D eigenvalue weighted by Crippen LogP contribution is 2.18. The van der Waals surface area contributed by atoms with Gasteiger partial charge in [0.25, 0.3) is 5.56 Å². The molecule has 3 rings (SSSR count). The molecule has 9 nitrogen and oxygen atoms in total. The first-order valence-electron chi connectivity index (χ1n) is 8.18. The number of hydrogen-bond acceptors (Lipinski definition) is 5. The van der Waals surface area contributed by atoms with E-state index in [-0.39, 0.29) is 12.5 Å². The molecule has 0 aromatic carbocycles. The number of carbonyl (C=O) groups excluding carboxylic acids is 1. The number of nitrogens with zero attached hydrogens (tertiary/aromatic N) is 4. The van der Waals surface area contributed by atoms with E-state index < -0.39 is 17.4 Å². The quantitative estimate of drug-likeness (QED) is 0.779. The Bertz CT molecular complexity index is 908. The number of H-pyrrole nitrogens is 1. The third-order valence-corrected chi connectivity index (χ3v) is 4.31. The lowest BCUT2D eigenvalue weighted by molar-refractivity contribution is -0.132. The summed E-state index contributed by atoms with van der Waals surface area (Å²) in [6.45, 7) is 4.70. The van der Waals surface area contributed by atoms with Crippen molar-refractivity contribution in [1.29, 1.82) is 0 Å². The van der Waals surface area contributed by atoms with Gasteiger partial charge in [0.1, 0.15) is 6.54 Å². The molecule has 0 saturated carbocycles. The minimum atomic E-state index is -0.661. The Balaban J connectivity index is 1.79. The number of aryl methyl sites for hydroxylation is 2. The van der Waals surface area contributed by atoms with Gasteiger partial charge in [0, 0.05) is 24.8 Å². The molecule has 0 spiro atoms. The van der Waals surface area contributed by atoms with Crippen LogP contribution in [0.5, 0.6) is 0 Å². The summed E-state index contributed by atoms with van der Waals surface area (Å²) < 4.78 is 3.02. The second kappa shape index (κ2) is 6.67. The van der Waals surface area contributed by atoms with Crippen molar-refractivity contribution in [3.63, 3.8) is 0 Å². The molecule has 0 radical (unpaired) electrons. The third kappa shape index (κ3) is 3.55. The largest absolute Gasteiger partial charge is 0.387 e. The van der Waals surface area contributed by atoms with Crippen LogP contribution in [0.4, 0.5) is 0 Å². The average Bonchev–Trinajstić information content (AvgIpc) is 2.84. The average molecular weight is 347 g/mol. The van der Waals surface area contributed by atoms with Gasteiger partial charge in [-0.15, -0.1) is 0 Å². The normalized spacial score (nSPS) is 15.6. The molecule has 0 bridgehead atoms. The van der Waals surface area contributed by atoms with E-state index in [2.05, 4.69) is 10.1 Å². The van der Waals surface area contributed by atoms with Crippen LogP contribution in [-0.2, 0) is 24.4 Å². The number of aliphatic hydroxyl groups is 1. The fourth-order valence-electron chi connectivity index (χ4n) is 2.88. The van der Waals surface area contributed by atoms with Gasteiger partial charge in [-0.25, -0.2) is 4.79 Å². The van der Waals surface area contributed by atoms with Crippen LogP contribution in [0.2, 0.25) is 0 Å². The van der Waals surface area contributed by atoms with E-state index in [1.807, 2.05) is 4.68 Å². The van der Waals surface area contributed by atoms with Crippen molar-refractivity contribution in [2.45, 2.75) is 46.0 Å². The summed E-state index contributed by atoms with van der Waals surface area (Å²) in [7, 11) is 0. The van der Waals surface area contributed by atoms with Gasteiger partial charge >= 0.3 is 5.69 Å². The first-order valence-corrected chi connectivity index (χ1v) is 8.18. The molecule has 25 heavy (non-hydrogen) atoms. The number of hydrogen-bond donors (Lipinski definition) is 2. The molecule has 3 heterocycles. The van der Waals surface area contributed by atoms with E-state index in [0.29, 0.717) is 30.9 Å². The van der Waals surface area contributed by atoms with E-state index in [9.17, 15) is 19.5 Å². The number of amides is 1. The minimum absolute atomic E-state index is 0.131. The van der Waals surface area contributed by atoms with Crippen molar-refractivity contribution >= 4 is 5.91 Å². The zero-order valence-corrected chi connectivity index (χ0v) is 14.2. The van der Waals surface area contributed by atoms with Crippen LogP contribution < -0.4 is 11.2 Å². The van der Waals surface area contributed by atoms with Crippen molar-refractivity contribution in [2.24, 2.45) is 0 Å². The van der Waals surface area contributed by atoms with E-state index in [0.717, 1.165) is 12.1 Å². The number of carbonyl (C=O) groups is 1. The third-order valence-electron chi connectivity index (χ3n) is 4.31.